The molecule has 0 aromatic rings. The van der Waals surface area contributed by atoms with E-state index in [0.29, 0.717) is 5.06 Å². The molecule has 1 rings (SSSR count). The van der Waals surface area contributed by atoms with Gasteiger partial charge in [-0.25, -0.2) is 9.59 Å². The predicted molar refractivity (Wildman–Crippen MR) is 74.2 cm³/mol. The van der Waals surface area contributed by atoms with Gasteiger partial charge in [0.2, 0.25) is 0 Å². The third-order valence-electron chi connectivity index (χ3n) is 2.35. The van der Waals surface area contributed by atoms with Gasteiger partial charge < -0.3 is 14.9 Å². The van der Waals surface area contributed by atoms with E-state index in [1.54, 1.807) is 20.8 Å². The standard InChI is InChI=1S/C12H18N2O6S/c1-12(2,3)19-11(18)13-7(6-21)10(17)20-14-8(15)4-5-9(14)16/h7,21H,4-6H2,1-3H3,(H,13,18)/t7-/m0/s1. The Morgan fingerprint density at radius 1 is 1.29 bits per heavy atom. The molecule has 0 aliphatic carbocycles. The van der Waals surface area contributed by atoms with E-state index >= 15 is 0 Å². The average molecular weight is 318 g/mol. The fourth-order valence-electron chi connectivity index (χ4n) is 1.44. The van der Waals surface area contributed by atoms with Gasteiger partial charge in [0.15, 0.2) is 0 Å². The fraction of sp³-hybridized carbons (Fsp3) is 0.667. The van der Waals surface area contributed by atoms with Crippen LogP contribution in [0.2, 0.25) is 0 Å². The number of nitrogens with one attached hydrogen (secondary N) is 1. The number of imide groups is 1. The molecule has 1 heterocycles. The van der Waals surface area contributed by atoms with E-state index in [2.05, 4.69) is 17.9 Å². The van der Waals surface area contributed by atoms with E-state index in [1.165, 1.54) is 0 Å². The summed E-state index contributed by atoms with van der Waals surface area (Å²) in [4.78, 5) is 50.8. The van der Waals surface area contributed by atoms with Crippen LogP contribution in [0.3, 0.4) is 0 Å². The van der Waals surface area contributed by atoms with Crippen LogP contribution in [0.1, 0.15) is 33.6 Å². The molecule has 1 atom stereocenters. The molecule has 21 heavy (non-hydrogen) atoms. The first-order valence-corrected chi connectivity index (χ1v) is 6.95. The second kappa shape index (κ2) is 6.79. The normalized spacial score (nSPS) is 16.7. The molecule has 1 fully saturated rings. The quantitative estimate of drug-likeness (QED) is 0.575. The smallest absolute Gasteiger partial charge is 0.408 e. The second-order valence-corrected chi connectivity index (χ2v) is 5.74. The molecule has 8 nitrogen and oxygen atoms in total. The zero-order chi connectivity index (χ0) is 16.2. The number of ether oxygens (including phenoxy) is 1. The Bertz CT molecular complexity index is 443. The minimum atomic E-state index is -1.13. The molecule has 0 unspecified atom stereocenters. The number of hydrogen-bond donors (Lipinski definition) is 2. The molecule has 9 heteroatoms. The Morgan fingerprint density at radius 3 is 2.24 bits per heavy atom. The summed E-state index contributed by atoms with van der Waals surface area (Å²) in [7, 11) is 0. The maximum Gasteiger partial charge on any atom is 0.408 e. The number of carbonyl (C=O) groups is 4. The molecule has 118 valence electrons. The fourth-order valence-corrected chi connectivity index (χ4v) is 1.68. The molecule has 1 aliphatic heterocycles. The van der Waals surface area contributed by atoms with Gasteiger partial charge in [0.1, 0.15) is 11.6 Å². The number of nitrogens with zero attached hydrogens (tertiary/aromatic N) is 1. The van der Waals surface area contributed by atoms with Gasteiger partial charge in [0, 0.05) is 18.6 Å². The molecule has 3 amide bonds. The number of carbonyl (C=O) groups excluding carboxylic acids is 4. The van der Waals surface area contributed by atoms with Crippen molar-refractivity contribution in [3.63, 3.8) is 0 Å². The highest BCUT2D eigenvalue weighted by Gasteiger charge is 2.35. The van der Waals surface area contributed by atoms with Crippen LogP contribution in [-0.4, -0.2) is 46.3 Å². The van der Waals surface area contributed by atoms with Crippen molar-refractivity contribution in [2.45, 2.75) is 45.3 Å². The molecule has 0 spiro atoms. The van der Waals surface area contributed by atoms with Crippen LogP contribution in [0.4, 0.5) is 4.79 Å². The first-order chi connectivity index (χ1) is 9.64. The Morgan fingerprint density at radius 2 is 1.81 bits per heavy atom. The molecule has 1 saturated heterocycles. The van der Waals surface area contributed by atoms with Crippen molar-refractivity contribution >= 4 is 36.5 Å². The summed E-state index contributed by atoms with van der Waals surface area (Å²) in [6.45, 7) is 5.01. The first-order valence-electron chi connectivity index (χ1n) is 6.32. The van der Waals surface area contributed by atoms with E-state index in [0.717, 1.165) is 0 Å². The van der Waals surface area contributed by atoms with Crippen molar-refractivity contribution < 1.29 is 28.8 Å². The van der Waals surface area contributed by atoms with Crippen molar-refractivity contribution in [2.75, 3.05) is 5.75 Å². The number of alkyl carbamates (subject to hydrolysis) is 1. The summed E-state index contributed by atoms with van der Waals surface area (Å²) in [5, 5.41) is 2.68. The van der Waals surface area contributed by atoms with Gasteiger partial charge in [-0.15, -0.1) is 5.06 Å². The molecule has 0 aromatic carbocycles. The van der Waals surface area contributed by atoms with E-state index in [9.17, 15) is 19.2 Å². The molecular weight excluding hydrogens is 300 g/mol. The van der Waals surface area contributed by atoms with Gasteiger partial charge in [-0.3, -0.25) is 9.59 Å². The summed E-state index contributed by atoms with van der Waals surface area (Å²) >= 11 is 3.92. The molecule has 0 bridgehead atoms. The number of hydroxylamine groups is 2. The number of thiol groups is 1. The lowest BCUT2D eigenvalue weighted by molar-refractivity contribution is -0.198. The van der Waals surface area contributed by atoms with Crippen molar-refractivity contribution in [3.05, 3.63) is 0 Å². The molecule has 1 aliphatic rings. The van der Waals surface area contributed by atoms with Gasteiger partial charge in [0.25, 0.3) is 11.8 Å². The molecular formula is C12H18N2O6S. The zero-order valence-electron chi connectivity index (χ0n) is 12.0. The SMILES string of the molecule is CC(C)(C)OC(=O)N[C@@H](CS)C(=O)ON1C(=O)CCC1=O. The number of amides is 3. The Kier molecular flexibility index (Phi) is 5.59. The zero-order valence-corrected chi connectivity index (χ0v) is 12.9. The summed E-state index contributed by atoms with van der Waals surface area (Å²) in [6.07, 6.45) is -0.827. The van der Waals surface area contributed by atoms with Crippen LogP contribution in [-0.2, 0) is 24.0 Å². The van der Waals surface area contributed by atoms with Gasteiger partial charge in [0.05, 0.1) is 0 Å². The lowest BCUT2D eigenvalue weighted by Gasteiger charge is -2.22. The third-order valence-corrected chi connectivity index (χ3v) is 2.71. The highest BCUT2D eigenvalue weighted by atomic mass is 32.1. The van der Waals surface area contributed by atoms with Gasteiger partial charge >= 0.3 is 12.1 Å². The van der Waals surface area contributed by atoms with Crippen molar-refractivity contribution in [1.29, 1.82) is 0 Å². The highest BCUT2D eigenvalue weighted by molar-refractivity contribution is 7.80. The highest BCUT2D eigenvalue weighted by Crippen LogP contribution is 2.13. The monoisotopic (exact) mass is 318 g/mol. The topological polar surface area (TPSA) is 102 Å². The molecule has 0 saturated carbocycles. The Hall–Kier alpha value is -1.77. The van der Waals surface area contributed by atoms with E-state index in [1.807, 2.05) is 0 Å². The molecule has 0 radical (unpaired) electrons. The van der Waals surface area contributed by atoms with Crippen LogP contribution in [0.15, 0.2) is 0 Å². The van der Waals surface area contributed by atoms with Gasteiger partial charge in [-0.2, -0.15) is 12.6 Å². The van der Waals surface area contributed by atoms with Crippen LogP contribution >= 0.6 is 12.6 Å². The number of hydrogen-bond acceptors (Lipinski definition) is 7. The van der Waals surface area contributed by atoms with Crippen LogP contribution in [0, 0.1) is 0 Å². The Balaban J connectivity index is 2.59. The van der Waals surface area contributed by atoms with Gasteiger partial charge in [-0.05, 0) is 20.8 Å². The Labute approximate surface area is 127 Å². The van der Waals surface area contributed by atoms with Crippen LogP contribution in [0.5, 0.6) is 0 Å². The van der Waals surface area contributed by atoms with Crippen molar-refractivity contribution in [1.82, 2.24) is 10.4 Å². The first kappa shape index (κ1) is 17.3. The van der Waals surface area contributed by atoms with E-state index < -0.39 is 35.5 Å². The largest absolute Gasteiger partial charge is 0.444 e. The van der Waals surface area contributed by atoms with Crippen LogP contribution in [0.25, 0.3) is 0 Å². The maximum atomic E-state index is 11.8. The summed E-state index contributed by atoms with van der Waals surface area (Å²) in [5.74, 6) is -2.22. The summed E-state index contributed by atoms with van der Waals surface area (Å²) in [5.41, 5.74) is -0.726. The molecule has 0 aromatic heterocycles. The second-order valence-electron chi connectivity index (χ2n) is 5.37. The predicted octanol–water partition coefficient (Wildman–Crippen LogP) is 0.417. The average Bonchev–Trinajstić information content (AvgIpc) is 2.65. The van der Waals surface area contributed by atoms with Crippen molar-refractivity contribution in [3.8, 4) is 0 Å². The summed E-state index contributed by atoms with van der Waals surface area (Å²) in [6, 6.07) is -1.13. The number of rotatable bonds is 4. The maximum absolute atomic E-state index is 11.8. The van der Waals surface area contributed by atoms with Gasteiger partial charge in [-0.1, -0.05) is 0 Å². The van der Waals surface area contributed by atoms with Crippen molar-refractivity contribution in [2.24, 2.45) is 0 Å². The van der Waals surface area contributed by atoms with E-state index in [4.69, 9.17) is 9.57 Å². The minimum Gasteiger partial charge on any atom is -0.444 e. The molecule has 1 N–H and O–H groups in total. The lowest BCUT2D eigenvalue weighted by atomic mass is 10.2. The van der Waals surface area contributed by atoms with E-state index in [-0.39, 0.29) is 18.6 Å². The van der Waals surface area contributed by atoms with Crippen LogP contribution < -0.4 is 5.32 Å². The minimum absolute atomic E-state index is 0.00283. The third kappa shape index (κ3) is 5.25. The lowest BCUT2D eigenvalue weighted by Crippen LogP contribution is -2.47. The summed E-state index contributed by atoms with van der Waals surface area (Å²) < 4.78 is 4.99.